The first-order chi connectivity index (χ1) is 6.47. The van der Waals surface area contributed by atoms with Crippen LogP contribution in [0.5, 0.6) is 0 Å². The van der Waals surface area contributed by atoms with Crippen LogP contribution < -0.4 is 0 Å². The molecule has 0 saturated heterocycles. The summed E-state index contributed by atoms with van der Waals surface area (Å²) in [6, 6.07) is 0. The molecule has 11 heteroatoms. The van der Waals surface area contributed by atoms with Crippen LogP contribution in [-0.2, 0) is 25.0 Å². The summed E-state index contributed by atoms with van der Waals surface area (Å²) in [5.41, 5.74) is 0. The highest BCUT2D eigenvalue weighted by molar-refractivity contribution is 7.86. The Hall–Kier alpha value is -0.360. The molecule has 0 aromatic heterocycles. The van der Waals surface area contributed by atoms with Crippen LogP contribution >= 0.6 is 0 Å². The molecule has 0 aliphatic carbocycles. The molecule has 0 aliphatic heterocycles. The Morgan fingerprint density at radius 1 is 1.07 bits per heavy atom. The topological polar surface area (TPSA) is 118 Å². The van der Waals surface area contributed by atoms with Gasteiger partial charge < -0.3 is 4.74 Å². The second-order valence-electron chi connectivity index (χ2n) is 2.59. The first-order valence-electron chi connectivity index (χ1n) is 3.27. The normalized spacial score (nSPS) is 14.1. The van der Waals surface area contributed by atoms with Crippen LogP contribution in [0.2, 0.25) is 0 Å². The summed E-state index contributed by atoms with van der Waals surface area (Å²) in [5, 5.41) is 0. The maximum atomic E-state index is 13.2. The van der Waals surface area contributed by atoms with Crippen LogP contribution in [-0.4, -0.2) is 50.2 Å². The second kappa shape index (κ2) is 4.65. The number of ether oxygens (including phenoxy) is 1. The Kier molecular flexibility index (Phi) is 4.54. The molecule has 0 heterocycles. The molecule has 0 bridgehead atoms. The highest BCUT2D eigenvalue weighted by atomic mass is 32.2. The minimum atomic E-state index is -4.92. The quantitative estimate of drug-likeness (QED) is 0.617. The zero-order chi connectivity index (χ0) is 12.3. The highest BCUT2D eigenvalue weighted by Crippen LogP contribution is 2.18. The van der Waals surface area contributed by atoms with Gasteiger partial charge in [-0.1, -0.05) is 0 Å². The van der Waals surface area contributed by atoms with E-state index in [1.807, 2.05) is 0 Å². The lowest BCUT2D eigenvalue weighted by molar-refractivity contribution is -0.140. The third-order valence-electron chi connectivity index (χ3n) is 1.11. The van der Waals surface area contributed by atoms with Gasteiger partial charge in [0.2, 0.25) is 5.85 Å². The molecule has 0 atom stereocenters. The van der Waals surface area contributed by atoms with Crippen molar-refractivity contribution in [2.45, 2.75) is 5.85 Å². The zero-order valence-corrected chi connectivity index (χ0v) is 8.76. The molecular formula is C4H8F2O7S2. The van der Waals surface area contributed by atoms with E-state index in [0.29, 0.717) is 0 Å². The van der Waals surface area contributed by atoms with Crippen molar-refractivity contribution in [1.29, 1.82) is 0 Å². The van der Waals surface area contributed by atoms with Gasteiger partial charge in [-0.2, -0.15) is 16.8 Å². The third-order valence-corrected chi connectivity index (χ3v) is 2.70. The van der Waals surface area contributed by atoms with E-state index in [-0.39, 0.29) is 0 Å². The molecule has 0 saturated carbocycles. The zero-order valence-electron chi connectivity index (χ0n) is 7.13. The van der Waals surface area contributed by atoms with Gasteiger partial charge >= 0.3 is 0 Å². The average molecular weight is 270 g/mol. The van der Waals surface area contributed by atoms with E-state index < -0.39 is 44.5 Å². The number of rotatable bonds is 6. The van der Waals surface area contributed by atoms with Crippen LogP contribution in [0.3, 0.4) is 0 Å². The number of halogens is 2. The molecule has 0 aromatic carbocycles. The summed E-state index contributed by atoms with van der Waals surface area (Å²) in [6.07, 6.45) is 0. The van der Waals surface area contributed by atoms with E-state index in [0.717, 1.165) is 0 Å². The monoisotopic (exact) mass is 270 g/mol. The Balaban J connectivity index is 4.91. The fourth-order valence-corrected chi connectivity index (χ4v) is 2.36. The van der Waals surface area contributed by atoms with Gasteiger partial charge in [0.05, 0.1) is 0 Å². The van der Waals surface area contributed by atoms with E-state index in [4.69, 9.17) is 9.11 Å². The first kappa shape index (κ1) is 14.6. The Morgan fingerprint density at radius 2 is 1.40 bits per heavy atom. The maximum absolute atomic E-state index is 13.2. The van der Waals surface area contributed by atoms with E-state index in [2.05, 4.69) is 4.74 Å². The molecule has 0 rings (SSSR count). The molecule has 0 aliphatic rings. The van der Waals surface area contributed by atoms with Gasteiger partial charge in [0, 0.05) is 0 Å². The largest absolute Gasteiger partial charge is 0.312 e. The van der Waals surface area contributed by atoms with Crippen molar-refractivity contribution in [3.63, 3.8) is 0 Å². The van der Waals surface area contributed by atoms with Crippen molar-refractivity contribution >= 4 is 20.2 Å². The fraction of sp³-hybridized carbons (Fsp3) is 1.00. The van der Waals surface area contributed by atoms with Gasteiger partial charge in [-0.25, -0.2) is 8.78 Å². The molecule has 2 N–H and O–H groups in total. The van der Waals surface area contributed by atoms with Crippen molar-refractivity contribution in [2.24, 2.45) is 0 Å². The van der Waals surface area contributed by atoms with Crippen molar-refractivity contribution in [2.75, 3.05) is 18.4 Å². The lowest BCUT2D eigenvalue weighted by Gasteiger charge is -2.20. The molecule has 0 radical (unpaired) electrons. The predicted molar refractivity (Wildman–Crippen MR) is 43.7 cm³/mol. The molecule has 0 fully saturated rings. The molecule has 92 valence electrons. The smallest absolute Gasteiger partial charge is 0.270 e. The highest BCUT2D eigenvalue weighted by Gasteiger charge is 2.40. The van der Waals surface area contributed by atoms with Crippen molar-refractivity contribution in [3.05, 3.63) is 0 Å². The number of hydrogen-bond donors (Lipinski definition) is 2. The fourth-order valence-electron chi connectivity index (χ4n) is 0.768. The standard InChI is InChI=1S/C4H8F2O7S2/c5-3-13-4(6,1-14(7,8)9)2-15(10,11)12/h1-3H2,(H,7,8,9)(H,10,11,12). The first-order valence-corrected chi connectivity index (χ1v) is 6.48. The van der Waals surface area contributed by atoms with Crippen LogP contribution in [0.25, 0.3) is 0 Å². The molecular weight excluding hydrogens is 262 g/mol. The summed E-state index contributed by atoms with van der Waals surface area (Å²) >= 11 is 0. The lowest BCUT2D eigenvalue weighted by atomic mass is 10.4. The SMILES string of the molecule is O=S(=O)(O)CC(F)(CS(=O)(=O)O)OCF. The van der Waals surface area contributed by atoms with Crippen molar-refractivity contribution < 1.29 is 39.5 Å². The molecule has 15 heavy (non-hydrogen) atoms. The van der Waals surface area contributed by atoms with Gasteiger partial charge in [0.1, 0.15) is 11.5 Å². The predicted octanol–water partition coefficient (Wildman–Crippen LogP) is -0.629. The number of hydrogen-bond acceptors (Lipinski definition) is 5. The molecule has 0 unspecified atom stereocenters. The lowest BCUT2D eigenvalue weighted by Crippen LogP contribution is -2.41. The van der Waals surface area contributed by atoms with Crippen LogP contribution in [0.1, 0.15) is 0 Å². The van der Waals surface area contributed by atoms with E-state index in [1.165, 1.54) is 0 Å². The molecule has 0 amide bonds. The number of alkyl halides is 2. The van der Waals surface area contributed by atoms with E-state index >= 15 is 0 Å². The second-order valence-corrected chi connectivity index (χ2v) is 5.49. The van der Waals surface area contributed by atoms with Gasteiger partial charge in [-0.05, 0) is 0 Å². The van der Waals surface area contributed by atoms with Gasteiger partial charge in [0.25, 0.3) is 20.2 Å². The molecule has 0 spiro atoms. The summed E-state index contributed by atoms with van der Waals surface area (Å²) in [4.78, 5) is 0. The van der Waals surface area contributed by atoms with Crippen LogP contribution in [0.15, 0.2) is 0 Å². The summed E-state index contributed by atoms with van der Waals surface area (Å²) < 4.78 is 85.9. The minimum Gasteiger partial charge on any atom is -0.312 e. The van der Waals surface area contributed by atoms with E-state index in [1.54, 1.807) is 0 Å². The van der Waals surface area contributed by atoms with Gasteiger partial charge in [-0.15, -0.1) is 0 Å². The average Bonchev–Trinajstić information content (AvgIpc) is 1.74. The summed E-state index contributed by atoms with van der Waals surface area (Å²) in [5.74, 6) is -7.14. The molecule has 7 nitrogen and oxygen atoms in total. The van der Waals surface area contributed by atoms with Gasteiger partial charge in [0.15, 0.2) is 6.86 Å². The third kappa shape index (κ3) is 7.56. The van der Waals surface area contributed by atoms with Gasteiger partial charge in [-0.3, -0.25) is 9.11 Å². The van der Waals surface area contributed by atoms with Crippen LogP contribution in [0, 0.1) is 0 Å². The Morgan fingerprint density at radius 3 is 1.60 bits per heavy atom. The molecule has 0 aromatic rings. The minimum absolute atomic E-state index is 1.80. The Bertz CT molecular complexity index is 365. The van der Waals surface area contributed by atoms with Crippen molar-refractivity contribution in [1.82, 2.24) is 0 Å². The summed E-state index contributed by atoms with van der Waals surface area (Å²) in [6.45, 7) is -1.82. The van der Waals surface area contributed by atoms with Crippen LogP contribution in [0.4, 0.5) is 8.78 Å². The maximum Gasteiger partial charge on any atom is 0.270 e. The van der Waals surface area contributed by atoms with Crippen molar-refractivity contribution in [3.8, 4) is 0 Å². The summed E-state index contributed by atoms with van der Waals surface area (Å²) in [7, 11) is -9.84. The Labute approximate surface area is 84.5 Å². The van der Waals surface area contributed by atoms with E-state index in [9.17, 15) is 25.6 Å².